The van der Waals surface area contributed by atoms with Gasteiger partial charge in [-0.1, -0.05) is 36.4 Å². The summed E-state index contributed by atoms with van der Waals surface area (Å²) in [7, 11) is 2.18. The lowest BCUT2D eigenvalue weighted by Gasteiger charge is -2.19. The van der Waals surface area contributed by atoms with Gasteiger partial charge in [0.2, 0.25) is 0 Å². The smallest absolute Gasteiger partial charge is 0.0446 e. The minimum absolute atomic E-state index is 1.09. The second kappa shape index (κ2) is 3.92. The summed E-state index contributed by atoms with van der Waals surface area (Å²) >= 11 is 0. The van der Waals surface area contributed by atoms with Crippen LogP contribution in [0.5, 0.6) is 0 Å². The Bertz CT molecular complexity index is 557. The number of hydrogen-bond acceptors (Lipinski definition) is 1. The maximum atomic E-state index is 2.36. The van der Waals surface area contributed by atoms with Gasteiger partial charge in [0.15, 0.2) is 0 Å². The average Bonchev–Trinajstić information content (AvgIpc) is 2.48. The molecular formula is C16H17N. The summed E-state index contributed by atoms with van der Waals surface area (Å²) in [6.07, 6.45) is 1.13. The van der Waals surface area contributed by atoms with Gasteiger partial charge in [0.1, 0.15) is 0 Å². The first kappa shape index (κ1) is 10.4. The number of rotatable bonds is 0. The standard InChI is InChI=1S/C16H17N/c1-12-7-8-15-14-6-4-3-5-13(14)9-10-17(2)16(15)11-12/h3-8,11H,9-10H2,1-2H3. The van der Waals surface area contributed by atoms with Crippen molar-refractivity contribution in [3.05, 3.63) is 53.6 Å². The van der Waals surface area contributed by atoms with E-state index in [1.807, 2.05) is 0 Å². The van der Waals surface area contributed by atoms with E-state index in [0.717, 1.165) is 13.0 Å². The van der Waals surface area contributed by atoms with E-state index >= 15 is 0 Å². The summed E-state index contributed by atoms with van der Waals surface area (Å²) in [5, 5.41) is 0. The Morgan fingerprint density at radius 2 is 1.82 bits per heavy atom. The molecule has 3 rings (SSSR count). The van der Waals surface area contributed by atoms with Crippen molar-refractivity contribution in [2.24, 2.45) is 0 Å². The Hall–Kier alpha value is -1.76. The molecule has 1 heterocycles. The van der Waals surface area contributed by atoms with Gasteiger partial charge in [-0.25, -0.2) is 0 Å². The summed E-state index contributed by atoms with van der Waals surface area (Å²) in [5.41, 5.74) is 6.91. The van der Waals surface area contributed by atoms with Gasteiger partial charge < -0.3 is 4.90 Å². The Morgan fingerprint density at radius 3 is 2.71 bits per heavy atom. The molecule has 2 aromatic rings. The number of fused-ring (bicyclic) bond motifs is 3. The number of likely N-dealkylation sites (N-methyl/N-ethyl adjacent to an activating group) is 1. The van der Waals surface area contributed by atoms with Gasteiger partial charge in [-0.3, -0.25) is 0 Å². The molecular weight excluding hydrogens is 206 g/mol. The first-order chi connectivity index (χ1) is 8.25. The molecule has 17 heavy (non-hydrogen) atoms. The predicted octanol–water partition coefficient (Wildman–Crippen LogP) is 3.65. The second-order valence-electron chi connectivity index (χ2n) is 4.85. The molecule has 0 saturated heterocycles. The number of benzene rings is 2. The molecule has 2 aromatic carbocycles. The van der Waals surface area contributed by atoms with Gasteiger partial charge in [0, 0.05) is 24.8 Å². The van der Waals surface area contributed by atoms with E-state index in [1.165, 1.54) is 27.9 Å². The molecule has 0 spiro atoms. The molecule has 1 heteroatoms. The number of hydrogen-bond donors (Lipinski definition) is 0. The van der Waals surface area contributed by atoms with E-state index in [-0.39, 0.29) is 0 Å². The van der Waals surface area contributed by atoms with Crippen molar-refractivity contribution in [2.45, 2.75) is 13.3 Å². The van der Waals surface area contributed by atoms with Crippen molar-refractivity contribution < 1.29 is 0 Å². The number of anilines is 1. The summed E-state index contributed by atoms with van der Waals surface area (Å²) in [6, 6.07) is 15.5. The molecule has 1 aliphatic rings. The van der Waals surface area contributed by atoms with Crippen LogP contribution in [0.2, 0.25) is 0 Å². The van der Waals surface area contributed by atoms with Gasteiger partial charge in [-0.2, -0.15) is 0 Å². The first-order valence-corrected chi connectivity index (χ1v) is 6.16. The molecule has 0 aromatic heterocycles. The van der Waals surface area contributed by atoms with Crippen molar-refractivity contribution in [2.75, 3.05) is 18.5 Å². The molecule has 1 aliphatic heterocycles. The van der Waals surface area contributed by atoms with Gasteiger partial charge in [-0.05, 0) is 36.1 Å². The minimum atomic E-state index is 1.09. The van der Waals surface area contributed by atoms with E-state index < -0.39 is 0 Å². The molecule has 0 bridgehead atoms. The largest absolute Gasteiger partial charge is 0.374 e. The van der Waals surface area contributed by atoms with E-state index in [0.29, 0.717) is 0 Å². The maximum Gasteiger partial charge on any atom is 0.0446 e. The van der Waals surface area contributed by atoms with Crippen LogP contribution in [0.25, 0.3) is 11.1 Å². The molecule has 0 aliphatic carbocycles. The zero-order valence-corrected chi connectivity index (χ0v) is 10.4. The SMILES string of the molecule is Cc1ccc2c(c1)N(C)CCc1ccccc1-2. The minimum Gasteiger partial charge on any atom is -0.374 e. The Labute approximate surface area is 103 Å². The maximum absolute atomic E-state index is 2.36. The molecule has 0 unspecified atom stereocenters. The fourth-order valence-electron chi connectivity index (χ4n) is 2.59. The lowest BCUT2D eigenvalue weighted by molar-refractivity contribution is 0.889. The molecule has 0 amide bonds. The van der Waals surface area contributed by atoms with Crippen molar-refractivity contribution >= 4 is 5.69 Å². The highest BCUT2D eigenvalue weighted by Gasteiger charge is 2.16. The highest BCUT2D eigenvalue weighted by molar-refractivity contribution is 5.82. The summed E-state index contributed by atoms with van der Waals surface area (Å²) < 4.78 is 0. The van der Waals surface area contributed by atoms with E-state index in [1.54, 1.807) is 0 Å². The van der Waals surface area contributed by atoms with Gasteiger partial charge in [-0.15, -0.1) is 0 Å². The molecule has 86 valence electrons. The van der Waals surface area contributed by atoms with Crippen LogP contribution in [-0.4, -0.2) is 13.6 Å². The average molecular weight is 223 g/mol. The number of aryl methyl sites for hydroxylation is 1. The van der Waals surface area contributed by atoms with Crippen molar-refractivity contribution in [1.29, 1.82) is 0 Å². The molecule has 0 atom stereocenters. The molecule has 0 N–H and O–H groups in total. The summed E-state index contributed by atoms with van der Waals surface area (Å²) in [4.78, 5) is 2.36. The topological polar surface area (TPSA) is 3.24 Å². The lowest BCUT2D eigenvalue weighted by atomic mass is 9.97. The van der Waals surface area contributed by atoms with Crippen molar-refractivity contribution in [3.63, 3.8) is 0 Å². The van der Waals surface area contributed by atoms with Crippen LogP contribution in [0, 0.1) is 6.92 Å². The molecule has 0 fully saturated rings. The third-order valence-electron chi connectivity index (χ3n) is 3.59. The quantitative estimate of drug-likeness (QED) is 0.659. The summed E-state index contributed by atoms with van der Waals surface area (Å²) in [6.45, 7) is 3.25. The Kier molecular flexibility index (Phi) is 2.40. The fraction of sp³-hybridized carbons (Fsp3) is 0.250. The van der Waals surface area contributed by atoms with Crippen molar-refractivity contribution in [3.8, 4) is 11.1 Å². The van der Waals surface area contributed by atoms with Gasteiger partial charge in [0.25, 0.3) is 0 Å². The predicted molar refractivity (Wildman–Crippen MR) is 73.6 cm³/mol. The van der Waals surface area contributed by atoms with Crippen LogP contribution in [0.4, 0.5) is 5.69 Å². The van der Waals surface area contributed by atoms with Crippen LogP contribution in [-0.2, 0) is 6.42 Å². The number of nitrogens with zero attached hydrogens (tertiary/aromatic N) is 1. The van der Waals surface area contributed by atoms with E-state index in [9.17, 15) is 0 Å². The van der Waals surface area contributed by atoms with Crippen LogP contribution in [0.15, 0.2) is 42.5 Å². The molecule has 1 nitrogen and oxygen atoms in total. The van der Waals surface area contributed by atoms with E-state index in [2.05, 4.69) is 61.3 Å². The lowest BCUT2D eigenvalue weighted by Crippen LogP contribution is -2.19. The molecule has 0 saturated carbocycles. The van der Waals surface area contributed by atoms with Crippen LogP contribution < -0.4 is 4.90 Å². The van der Waals surface area contributed by atoms with Crippen molar-refractivity contribution in [1.82, 2.24) is 0 Å². The Balaban J connectivity index is 2.28. The Morgan fingerprint density at radius 1 is 1.00 bits per heavy atom. The van der Waals surface area contributed by atoms with Gasteiger partial charge >= 0.3 is 0 Å². The van der Waals surface area contributed by atoms with Gasteiger partial charge in [0.05, 0.1) is 0 Å². The highest BCUT2D eigenvalue weighted by atomic mass is 15.1. The highest BCUT2D eigenvalue weighted by Crippen LogP contribution is 2.36. The van der Waals surface area contributed by atoms with Crippen LogP contribution in [0.1, 0.15) is 11.1 Å². The third-order valence-corrected chi connectivity index (χ3v) is 3.59. The second-order valence-corrected chi connectivity index (χ2v) is 4.85. The zero-order valence-electron chi connectivity index (χ0n) is 10.4. The van der Waals surface area contributed by atoms with Crippen LogP contribution >= 0.6 is 0 Å². The normalized spacial score (nSPS) is 13.9. The molecule has 0 radical (unpaired) electrons. The monoisotopic (exact) mass is 223 g/mol. The third kappa shape index (κ3) is 1.72. The fourth-order valence-corrected chi connectivity index (χ4v) is 2.59. The zero-order chi connectivity index (χ0) is 11.8. The van der Waals surface area contributed by atoms with E-state index in [4.69, 9.17) is 0 Å². The first-order valence-electron chi connectivity index (χ1n) is 6.16. The van der Waals surface area contributed by atoms with Crippen LogP contribution in [0.3, 0.4) is 0 Å². The summed E-state index contributed by atoms with van der Waals surface area (Å²) in [5.74, 6) is 0.